The second-order valence-electron chi connectivity index (χ2n) is 8.27. The summed E-state index contributed by atoms with van der Waals surface area (Å²) in [5, 5.41) is 22.0. The molecule has 3 rings (SSSR count). The van der Waals surface area contributed by atoms with Crippen LogP contribution >= 0.6 is 0 Å². The number of nitrogens with zero attached hydrogens (tertiary/aromatic N) is 2. The van der Waals surface area contributed by atoms with Gasteiger partial charge in [0.25, 0.3) is 0 Å². The molecule has 0 aliphatic heterocycles. The molecule has 0 aliphatic rings. The first-order valence-corrected chi connectivity index (χ1v) is 11.3. The van der Waals surface area contributed by atoms with Crippen LogP contribution in [0.5, 0.6) is 5.75 Å². The molecule has 0 amide bonds. The standard InChI is InChI=1S/C25H35N3O/c1-3-4-5-6-7-8-9-10-11-13-20(22-18-19(2)16-17-24(22)29)21-14-12-15-23-25(21)27-28-26-23/h12,14-18,20,29H,3-11,13H2,1-2H3,(H,26,27,28). The van der Waals surface area contributed by atoms with Gasteiger partial charge in [-0.25, -0.2) is 0 Å². The van der Waals surface area contributed by atoms with E-state index in [0.717, 1.165) is 35.0 Å². The quantitative estimate of drug-likeness (QED) is 0.325. The van der Waals surface area contributed by atoms with Crippen molar-refractivity contribution in [3.8, 4) is 5.75 Å². The third kappa shape index (κ3) is 5.81. The van der Waals surface area contributed by atoms with Gasteiger partial charge in [-0.15, -0.1) is 0 Å². The number of benzene rings is 2. The fourth-order valence-corrected chi connectivity index (χ4v) is 4.26. The molecule has 0 aliphatic carbocycles. The lowest BCUT2D eigenvalue weighted by Crippen LogP contribution is -2.04. The average Bonchev–Trinajstić information content (AvgIpc) is 3.21. The van der Waals surface area contributed by atoms with Crippen LogP contribution in [0.1, 0.15) is 93.7 Å². The Hall–Kier alpha value is -2.36. The maximum atomic E-state index is 10.6. The summed E-state index contributed by atoms with van der Waals surface area (Å²) in [7, 11) is 0. The van der Waals surface area contributed by atoms with Crippen molar-refractivity contribution in [2.24, 2.45) is 0 Å². The van der Waals surface area contributed by atoms with Crippen LogP contribution in [0, 0.1) is 6.92 Å². The second kappa shape index (κ2) is 11.0. The first kappa shape index (κ1) is 21.4. The molecular formula is C25H35N3O. The summed E-state index contributed by atoms with van der Waals surface area (Å²) in [4.78, 5) is 0. The van der Waals surface area contributed by atoms with Gasteiger partial charge in [-0.1, -0.05) is 94.5 Å². The molecule has 0 saturated heterocycles. The summed E-state index contributed by atoms with van der Waals surface area (Å²) in [6, 6.07) is 12.0. The van der Waals surface area contributed by atoms with E-state index in [9.17, 15) is 5.11 Å². The normalized spacial score (nSPS) is 12.5. The summed E-state index contributed by atoms with van der Waals surface area (Å²) >= 11 is 0. The number of rotatable bonds is 12. The summed E-state index contributed by atoms with van der Waals surface area (Å²) < 4.78 is 0. The van der Waals surface area contributed by atoms with Gasteiger partial charge in [0.2, 0.25) is 0 Å². The van der Waals surface area contributed by atoms with Gasteiger partial charge in [0.15, 0.2) is 0 Å². The number of hydrogen-bond donors (Lipinski definition) is 2. The lowest BCUT2D eigenvalue weighted by molar-refractivity contribution is 0.460. The maximum Gasteiger partial charge on any atom is 0.119 e. The van der Waals surface area contributed by atoms with Crippen molar-refractivity contribution in [3.05, 3.63) is 53.1 Å². The fourth-order valence-electron chi connectivity index (χ4n) is 4.26. The van der Waals surface area contributed by atoms with Crippen LogP contribution in [-0.2, 0) is 0 Å². The van der Waals surface area contributed by atoms with E-state index in [0.29, 0.717) is 5.75 Å². The maximum absolute atomic E-state index is 10.6. The number of H-pyrrole nitrogens is 1. The Morgan fingerprint density at radius 2 is 1.59 bits per heavy atom. The van der Waals surface area contributed by atoms with Crippen LogP contribution in [0.2, 0.25) is 0 Å². The Labute approximate surface area is 174 Å². The number of aromatic amines is 1. The number of fused-ring (bicyclic) bond motifs is 1. The Bertz CT molecular complexity index is 887. The minimum atomic E-state index is 0.133. The van der Waals surface area contributed by atoms with Gasteiger partial charge in [-0.2, -0.15) is 15.4 Å². The SMILES string of the molecule is CCCCCCCCCCCC(c1cc(C)ccc1O)c1cccc2n[nH]nc12. The van der Waals surface area contributed by atoms with E-state index in [-0.39, 0.29) is 5.92 Å². The number of unbranched alkanes of at least 4 members (excludes halogenated alkanes) is 8. The van der Waals surface area contributed by atoms with Gasteiger partial charge in [-0.3, -0.25) is 0 Å². The van der Waals surface area contributed by atoms with E-state index in [1.54, 1.807) is 0 Å². The molecule has 156 valence electrons. The predicted octanol–water partition coefficient (Wildman–Crippen LogP) is 7.02. The van der Waals surface area contributed by atoms with Crippen molar-refractivity contribution in [1.82, 2.24) is 15.4 Å². The highest BCUT2D eigenvalue weighted by Gasteiger charge is 2.21. The molecule has 0 fully saturated rings. The molecule has 1 aromatic heterocycles. The topological polar surface area (TPSA) is 61.8 Å². The van der Waals surface area contributed by atoms with Crippen molar-refractivity contribution in [2.45, 2.75) is 84.0 Å². The Kier molecular flexibility index (Phi) is 8.09. The lowest BCUT2D eigenvalue weighted by atomic mass is 9.85. The molecular weight excluding hydrogens is 358 g/mol. The van der Waals surface area contributed by atoms with Crippen molar-refractivity contribution >= 4 is 11.0 Å². The molecule has 1 atom stereocenters. The lowest BCUT2D eigenvalue weighted by Gasteiger charge is -2.20. The van der Waals surface area contributed by atoms with E-state index >= 15 is 0 Å². The number of hydrogen-bond acceptors (Lipinski definition) is 3. The Balaban J connectivity index is 1.67. The molecule has 0 bridgehead atoms. The van der Waals surface area contributed by atoms with Crippen molar-refractivity contribution in [3.63, 3.8) is 0 Å². The van der Waals surface area contributed by atoms with Crippen molar-refractivity contribution in [1.29, 1.82) is 0 Å². The molecule has 4 nitrogen and oxygen atoms in total. The first-order valence-electron chi connectivity index (χ1n) is 11.3. The minimum Gasteiger partial charge on any atom is -0.508 e. The summed E-state index contributed by atoms with van der Waals surface area (Å²) in [6.07, 6.45) is 12.8. The molecule has 2 N–H and O–H groups in total. The van der Waals surface area contributed by atoms with Crippen LogP contribution < -0.4 is 0 Å². The molecule has 2 aromatic carbocycles. The number of aromatic nitrogens is 3. The number of aryl methyl sites for hydroxylation is 1. The van der Waals surface area contributed by atoms with Crippen LogP contribution in [0.3, 0.4) is 0 Å². The molecule has 0 saturated carbocycles. The Morgan fingerprint density at radius 3 is 2.34 bits per heavy atom. The summed E-state index contributed by atoms with van der Waals surface area (Å²) in [5.74, 6) is 0.505. The number of para-hydroxylation sites is 1. The van der Waals surface area contributed by atoms with Crippen molar-refractivity contribution < 1.29 is 5.11 Å². The zero-order valence-electron chi connectivity index (χ0n) is 18.0. The first-order chi connectivity index (χ1) is 14.2. The summed E-state index contributed by atoms with van der Waals surface area (Å²) in [6.45, 7) is 4.34. The largest absolute Gasteiger partial charge is 0.508 e. The van der Waals surface area contributed by atoms with Gasteiger partial charge in [0, 0.05) is 11.5 Å². The van der Waals surface area contributed by atoms with E-state index in [2.05, 4.69) is 41.4 Å². The van der Waals surface area contributed by atoms with Crippen LogP contribution in [0.25, 0.3) is 11.0 Å². The predicted molar refractivity (Wildman–Crippen MR) is 120 cm³/mol. The number of phenols is 1. The van der Waals surface area contributed by atoms with Gasteiger partial charge in [0.1, 0.15) is 16.8 Å². The van der Waals surface area contributed by atoms with E-state index in [1.165, 1.54) is 56.9 Å². The molecule has 3 aromatic rings. The summed E-state index contributed by atoms with van der Waals surface area (Å²) in [5.41, 5.74) is 5.11. The molecule has 0 radical (unpaired) electrons. The number of phenolic OH excluding ortho intramolecular Hbond substituents is 1. The van der Waals surface area contributed by atoms with Gasteiger partial charge in [-0.05, 0) is 31.0 Å². The second-order valence-corrected chi connectivity index (χ2v) is 8.27. The fraction of sp³-hybridized carbons (Fsp3) is 0.520. The molecule has 29 heavy (non-hydrogen) atoms. The molecule has 0 spiro atoms. The minimum absolute atomic E-state index is 0.133. The van der Waals surface area contributed by atoms with E-state index in [4.69, 9.17) is 0 Å². The number of nitrogens with one attached hydrogen (secondary N) is 1. The average molecular weight is 394 g/mol. The van der Waals surface area contributed by atoms with Crippen LogP contribution in [0.15, 0.2) is 36.4 Å². The van der Waals surface area contributed by atoms with E-state index < -0.39 is 0 Å². The highest BCUT2D eigenvalue weighted by atomic mass is 16.3. The molecule has 1 heterocycles. The van der Waals surface area contributed by atoms with Crippen LogP contribution in [0.4, 0.5) is 0 Å². The van der Waals surface area contributed by atoms with Gasteiger partial charge >= 0.3 is 0 Å². The van der Waals surface area contributed by atoms with E-state index in [1.807, 2.05) is 24.3 Å². The van der Waals surface area contributed by atoms with Gasteiger partial charge in [0.05, 0.1) is 0 Å². The Morgan fingerprint density at radius 1 is 0.862 bits per heavy atom. The molecule has 1 unspecified atom stereocenters. The van der Waals surface area contributed by atoms with Gasteiger partial charge < -0.3 is 5.11 Å². The third-order valence-corrected chi connectivity index (χ3v) is 5.91. The highest BCUT2D eigenvalue weighted by molar-refractivity contribution is 5.78. The number of aromatic hydroxyl groups is 1. The smallest absolute Gasteiger partial charge is 0.119 e. The zero-order valence-corrected chi connectivity index (χ0v) is 18.0. The van der Waals surface area contributed by atoms with Crippen molar-refractivity contribution in [2.75, 3.05) is 0 Å². The zero-order chi connectivity index (χ0) is 20.5. The van der Waals surface area contributed by atoms with Crippen LogP contribution in [-0.4, -0.2) is 20.5 Å². The molecule has 4 heteroatoms. The highest BCUT2D eigenvalue weighted by Crippen LogP contribution is 2.38. The monoisotopic (exact) mass is 393 g/mol. The third-order valence-electron chi connectivity index (χ3n) is 5.91.